The van der Waals surface area contributed by atoms with Crippen LogP contribution < -0.4 is 9.47 Å². The van der Waals surface area contributed by atoms with E-state index in [9.17, 15) is 22.0 Å². The van der Waals surface area contributed by atoms with Crippen molar-refractivity contribution in [3.63, 3.8) is 0 Å². The Morgan fingerprint density at radius 1 is 1.18 bits per heavy atom. The second-order valence-electron chi connectivity index (χ2n) is 9.11. The normalized spacial score (nSPS) is 15.4. The molecule has 1 atom stereocenters. The van der Waals surface area contributed by atoms with Crippen LogP contribution in [0.2, 0.25) is 0 Å². The average molecular weight is 566 g/mol. The van der Waals surface area contributed by atoms with E-state index in [1.807, 2.05) is 0 Å². The molecular weight excluding hydrogens is 537 g/mol. The van der Waals surface area contributed by atoms with Gasteiger partial charge in [-0.3, -0.25) is 4.99 Å². The molecule has 0 N–H and O–H groups in total. The molecule has 1 aromatic carbocycles. The third-order valence-electron chi connectivity index (χ3n) is 6.16. The number of hydrogen-bond acceptors (Lipinski definition) is 7. The maximum atomic E-state index is 13.1. The van der Waals surface area contributed by atoms with Crippen LogP contribution in [0.25, 0.3) is 17.0 Å². The molecule has 1 saturated carbocycles. The molecule has 3 aromatic rings. The van der Waals surface area contributed by atoms with Crippen molar-refractivity contribution in [2.75, 3.05) is 7.11 Å². The number of methoxy groups -OCH3 is 1. The van der Waals surface area contributed by atoms with Gasteiger partial charge in [-0.05, 0) is 32.3 Å². The first-order valence-corrected chi connectivity index (χ1v) is 12.4. The third kappa shape index (κ3) is 6.82. The van der Waals surface area contributed by atoms with E-state index in [2.05, 4.69) is 19.9 Å². The van der Waals surface area contributed by atoms with Crippen molar-refractivity contribution in [2.45, 2.75) is 52.2 Å². The van der Waals surface area contributed by atoms with Gasteiger partial charge >= 0.3 is 12.8 Å². The molecule has 214 valence electrons. The SMILES string of the molecule is CC=N/C(=C(/c1ncc(OC)c(OCc2ccc(-c3nc(C(F)(F)F)cn3C)cc2)n1)C(C)OC(F)F)C1CC1. The van der Waals surface area contributed by atoms with Crippen LogP contribution in [0.4, 0.5) is 22.0 Å². The highest BCUT2D eigenvalue weighted by atomic mass is 19.4. The number of alkyl halides is 5. The molecule has 2 aromatic heterocycles. The van der Waals surface area contributed by atoms with Gasteiger partial charge in [-0.25, -0.2) is 9.97 Å². The summed E-state index contributed by atoms with van der Waals surface area (Å²) in [6, 6.07) is 6.66. The minimum atomic E-state index is -4.54. The zero-order valence-corrected chi connectivity index (χ0v) is 22.2. The van der Waals surface area contributed by atoms with Gasteiger partial charge < -0.3 is 18.8 Å². The molecular formula is C27H28F5N5O3. The highest BCUT2D eigenvalue weighted by molar-refractivity contribution is 5.71. The first kappa shape index (κ1) is 29.1. The van der Waals surface area contributed by atoms with E-state index < -0.39 is 24.6 Å². The van der Waals surface area contributed by atoms with Crippen molar-refractivity contribution in [1.82, 2.24) is 19.5 Å². The predicted molar refractivity (Wildman–Crippen MR) is 137 cm³/mol. The number of rotatable bonds is 11. The number of nitrogens with zero attached hydrogens (tertiary/aromatic N) is 5. The Bertz CT molecular complexity index is 1380. The third-order valence-corrected chi connectivity index (χ3v) is 6.16. The Kier molecular flexibility index (Phi) is 8.82. The Labute approximate surface area is 227 Å². The van der Waals surface area contributed by atoms with Crippen LogP contribution in [-0.2, 0) is 24.6 Å². The smallest absolute Gasteiger partial charge is 0.434 e. The van der Waals surface area contributed by atoms with E-state index in [-0.39, 0.29) is 35.8 Å². The summed E-state index contributed by atoms with van der Waals surface area (Å²) in [4.78, 5) is 16.9. The molecule has 1 unspecified atom stereocenters. The number of aryl methyl sites for hydroxylation is 1. The van der Waals surface area contributed by atoms with Crippen LogP contribution in [0.5, 0.6) is 11.6 Å². The van der Waals surface area contributed by atoms with Gasteiger partial charge in [-0.1, -0.05) is 24.3 Å². The molecule has 0 saturated heterocycles. The Balaban J connectivity index is 1.59. The number of imidazole rings is 1. The van der Waals surface area contributed by atoms with E-state index in [0.717, 1.165) is 19.0 Å². The number of allylic oxidation sites excluding steroid dienone is 1. The minimum absolute atomic E-state index is 0.0339. The molecule has 1 aliphatic rings. The summed E-state index contributed by atoms with van der Waals surface area (Å²) in [5, 5.41) is 0. The molecule has 0 amide bonds. The number of benzene rings is 1. The summed E-state index contributed by atoms with van der Waals surface area (Å²) >= 11 is 0. The quantitative estimate of drug-likeness (QED) is 0.200. The van der Waals surface area contributed by atoms with Crippen molar-refractivity contribution in [3.05, 3.63) is 59.4 Å². The van der Waals surface area contributed by atoms with Crippen LogP contribution in [0, 0.1) is 5.92 Å². The minimum Gasteiger partial charge on any atom is -0.490 e. The van der Waals surface area contributed by atoms with Gasteiger partial charge in [0.1, 0.15) is 12.4 Å². The monoisotopic (exact) mass is 565 g/mol. The van der Waals surface area contributed by atoms with E-state index in [4.69, 9.17) is 14.2 Å². The summed E-state index contributed by atoms with van der Waals surface area (Å²) < 4.78 is 82.7. The van der Waals surface area contributed by atoms with Crippen LogP contribution in [-0.4, -0.2) is 45.6 Å². The van der Waals surface area contributed by atoms with Gasteiger partial charge in [-0.15, -0.1) is 0 Å². The summed E-state index contributed by atoms with van der Waals surface area (Å²) in [6.45, 7) is 0.255. The Morgan fingerprint density at radius 2 is 1.88 bits per heavy atom. The lowest BCUT2D eigenvalue weighted by atomic mass is 10.0. The van der Waals surface area contributed by atoms with E-state index >= 15 is 0 Å². The standard InChI is InChI=1S/C27H28F5N5O3/c1-5-33-22(17-10-11-17)21(15(2)40-26(28)29)23-34-12-19(38-4)25(36-23)39-14-16-6-8-18(9-7-16)24-35-20(13-37(24)3)27(30,31)32/h5-9,12-13,15,17,26H,10-11,14H2,1-4H3/b22-21+,33-5?. The first-order valence-electron chi connectivity index (χ1n) is 12.4. The fraction of sp³-hybridized carbons (Fsp3) is 0.407. The molecule has 13 heteroatoms. The first-order chi connectivity index (χ1) is 19.0. The van der Waals surface area contributed by atoms with E-state index in [1.54, 1.807) is 37.4 Å². The van der Waals surface area contributed by atoms with Gasteiger partial charge in [0.2, 0.25) is 0 Å². The second kappa shape index (κ2) is 12.1. The molecule has 4 rings (SSSR count). The van der Waals surface area contributed by atoms with Crippen molar-refractivity contribution >= 4 is 11.8 Å². The zero-order chi connectivity index (χ0) is 29.0. The van der Waals surface area contributed by atoms with E-state index in [1.165, 1.54) is 31.8 Å². The van der Waals surface area contributed by atoms with Gasteiger partial charge in [0.05, 0.1) is 25.1 Å². The lowest BCUT2D eigenvalue weighted by Gasteiger charge is -2.19. The number of ether oxygens (including phenoxy) is 3. The van der Waals surface area contributed by atoms with Crippen LogP contribution in [0.1, 0.15) is 43.8 Å². The Morgan fingerprint density at radius 3 is 2.42 bits per heavy atom. The lowest BCUT2D eigenvalue weighted by Crippen LogP contribution is -2.18. The van der Waals surface area contributed by atoms with Crippen LogP contribution in [0.3, 0.4) is 0 Å². The fourth-order valence-electron chi connectivity index (χ4n) is 4.12. The maximum Gasteiger partial charge on any atom is 0.434 e. The zero-order valence-electron chi connectivity index (χ0n) is 22.2. The van der Waals surface area contributed by atoms with Crippen molar-refractivity contribution < 1.29 is 36.2 Å². The van der Waals surface area contributed by atoms with Crippen molar-refractivity contribution in [3.8, 4) is 23.0 Å². The molecule has 40 heavy (non-hydrogen) atoms. The lowest BCUT2D eigenvalue weighted by molar-refractivity contribution is -0.143. The highest BCUT2D eigenvalue weighted by Crippen LogP contribution is 2.42. The number of aromatic nitrogens is 4. The van der Waals surface area contributed by atoms with Gasteiger partial charge in [0, 0.05) is 36.5 Å². The Hall–Kier alpha value is -3.87. The van der Waals surface area contributed by atoms with E-state index in [0.29, 0.717) is 22.4 Å². The summed E-state index contributed by atoms with van der Waals surface area (Å²) in [5.74, 6) is 0.689. The summed E-state index contributed by atoms with van der Waals surface area (Å²) in [7, 11) is 2.91. The van der Waals surface area contributed by atoms with Gasteiger partial charge in [0.25, 0.3) is 5.88 Å². The predicted octanol–water partition coefficient (Wildman–Crippen LogP) is 6.32. The summed E-state index contributed by atoms with van der Waals surface area (Å²) in [5.41, 5.74) is 1.14. The molecule has 1 fully saturated rings. The molecule has 8 nitrogen and oxygen atoms in total. The topological polar surface area (TPSA) is 83.7 Å². The van der Waals surface area contributed by atoms with Crippen LogP contribution >= 0.6 is 0 Å². The average Bonchev–Trinajstić information content (AvgIpc) is 3.67. The second-order valence-corrected chi connectivity index (χ2v) is 9.11. The fourth-order valence-corrected chi connectivity index (χ4v) is 4.12. The van der Waals surface area contributed by atoms with Gasteiger partial charge in [0.15, 0.2) is 17.3 Å². The summed E-state index contributed by atoms with van der Waals surface area (Å²) in [6.07, 6.45) is 0.0439. The van der Waals surface area contributed by atoms with Crippen molar-refractivity contribution in [2.24, 2.45) is 18.0 Å². The molecule has 2 heterocycles. The molecule has 1 aliphatic carbocycles. The largest absolute Gasteiger partial charge is 0.490 e. The van der Waals surface area contributed by atoms with Gasteiger partial charge in [-0.2, -0.15) is 26.9 Å². The van der Waals surface area contributed by atoms with Crippen LogP contribution in [0.15, 0.2) is 47.3 Å². The molecule has 0 radical (unpaired) electrons. The number of aliphatic imine (C=N–C) groups is 1. The molecule has 0 spiro atoms. The number of hydrogen-bond donors (Lipinski definition) is 0. The number of halogens is 5. The van der Waals surface area contributed by atoms with Crippen molar-refractivity contribution in [1.29, 1.82) is 0 Å². The highest BCUT2D eigenvalue weighted by Gasteiger charge is 2.35. The maximum absolute atomic E-state index is 13.1. The molecule has 0 bridgehead atoms. The molecule has 0 aliphatic heterocycles.